The summed E-state index contributed by atoms with van der Waals surface area (Å²) >= 11 is 0. The molecule has 0 heterocycles. The third kappa shape index (κ3) is 3.08. The molecule has 0 saturated heterocycles. The molecular formula is C16H17FO3. The summed E-state index contributed by atoms with van der Waals surface area (Å²) in [6.07, 6.45) is -0.623. The Bertz CT molecular complexity index is 584. The third-order valence-electron chi connectivity index (χ3n) is 3.16. The zero-order chi connectivity index (χ0) is 14.5. The Labute approximate surface area is 117 Å². The van der Waals surface area contributed by atoms with Gasteiger partial charge in [0.15, 0.2) is 11.6 Å². The van der Waals surface area contributed by atoms with Gasteiger partial charge in [-0.15, -0.1) is 0 Å². The van der Waals surface area contributed by atoms with E-state index in [9.17, 15) is 9.50 Å². The molecule has 0 aromatic heterocycles. The van der Waals surface area contributed by atoms with Crippen molar-refractivity contribution in [1.29, 1.82) is 0 Å². The minimum absolute atomic E-state index is 0.177. The van der Waals surface area contributed by atoms with E-state index in [1.165, 1.54) is 7.11 Å². The average Bonchev–Trinajstić information content (AvgIpc) is 2.49. The molecule has 3 nitrogen and oxygen atoms in total. The molecule has 2 aromatic carbocycles. The van der Waals surface area contributed by atoms with Crippen molar-refractivity contribution in [1.82, 2.24) is 0 Å². The van der Waals surface area contributed by atoms with Gasteiger partial charge in [0.05, 0.1) is 20.3 Å². The molecule has 4 heteroatoms. The molecular weight excluding hydrogens is 259 g/mol. The van der Waals surface area contributed by atoms with E-state index in [0.717, 1.165) is 0 Å². The van der Waals surface area contributed by atoms with Crippen LogP contribution in [0.25, 0.3) is 0 Å². The highest BCUT2D eigenvalue weighted by molar-refractivity contribution is 5.34. The number of benzene rings is 2. The van der Waals surface area contributed by atoms with E-state index >= 15 is 0 Å². The van der Waals surface area contributed by atoms with Crippen molar-refractivity contribution in [2.75, 3.05) is 14.2 Å². The minimum atomic E-state index is -0.799. The molecule has 0 aliphatic carbocycles. The van der Waals surface area contributed by atoms with Crippen molar-refractivity contribution in [3.05, 3.63) is 59.4 Å². The maximum absolute atomic E-state index is 14.0. The quantitative estimate of drug-likeness (QED) is 0.912. The third-order valence-corrected chi connectivity index (χ3v) is 3.16. The first-order valence-electron chi connectivity index (χ1n) is 6.29. The highest BCUT2D eigenvalue weighted by atomic mass is 19.1. The molecule has 0 aliphatic rings. The van der Waals surface area contributed by atoms with Gasteiger partial charge >= 0.3 is 0 Å². The van der Waals surface area contributed by atoms with Gasteiger partial charge in [-0.3, -0.25) is 0 Å². The molecule has 106 valence electrons. The van der Waals surface area contributed by atoms with Crippen molar-refractivity contribution in [2.24, 2.45) is 0 Å². The molecule has 2 aromatic rings. The van der Waals surface area contributed by atoms with E-state index < -0.39 is 11.9 Å². The Morgan fingerprint density at radius 3 is 2.55 bits per heavy atom. The molecule has 20 heavy (non-hydrogen) atoms. The first-order chi connectivity index (χ1) is 9.65. The lowest BCUT2D eigenvalue weighted by atomic mass is 10.0. The fraction of sp³-hybridized carbons (Fsp3) is 0.250. The van der Waals surface area contributed by atoms with Crippen LogP contribution in [0.15, 0.2) is 42.5 Å². The molecule has 1 unspecified atom stereocenters. The van der Waals surface area contributed by atoms with E-state index in [0.29, 0.717) is 16.9 Å². The summed E-state index contributed by atoms with van der Waals surface area (Å²) in [4.78, 5) is 0. The number of hydrogen-bond donors (Lipinski definition) is 1. The second-order valence-corrected chi connectivity index (χ2v) is 4.43. The standard InChI is InChI=1S/C16H17FO3/c1-19-13-7-3-5-11(9-13)14(18)10-12-6-4-8-15(20-2)16(12)17/h3-9,14,18H,10H2,1-2H3. The van der Waals surface area contributed by atoms with Crippen LogP contribution >= 0.6 is 0 Å². The summed E-state index contributed by atoms with van der Waals surface area (Å²) in [6.45, 7) is 0. The molecule has 2 rings (SSSR count). The Morgan fingerprint density at radius 2 is 1.85 bits per heavy atom. The Balaban J connectivity index is 2.21. The normalized spacial score (nSPS) is 12.0. The van der Waals surface area contributed by atoms with Gasteiger partial charge in [-0.25, -0.2) is 4.39 Å². The first-order valence-corrected chi connectivity index (χ1v) is 6.29. The van der Waals surface area contributed by atoms with Crippen LogP contribution in [0, 0.1) is 5.82 Å². The second-order valence-electron chi connectivity index (χ2n) is 4.43. The molecule has 1 atom stereocenters. The zero-order valence-corrected chi connectivity index (χ0v) is 11.5. The lowest BCUT2D eigenvalue weighted by Crippen LogP contribution is -2.04. The van der Waals surface area contributed by atoms with Crippen LogP contribution in [0.1, 0.15) is 17.2 Å². The van der Waals surface area contributed by atoms with Gasteiger partial charge in [0.2, 0.25) is 0 Å². The lowest BCUT2D eigenvalue weighted by Gasteiger charge is -2.14. The number of ether oxygens (including phenoxy) is 2. The fourth-order valence-electron chi connectivity index (χ4n) is 2.05. The SMILES string of the molecule is COc1cccc(C(O)Cc2cccc(OC)c2F)c1. The molecule has 0 spiro atoms. The molecule has 0 bridgehead atoms. The van der Waals surface area contributed by atoms with E-state index in [-0.39, 0.29) is 12.2 Å². The van der Waals surface area contributed by atoms with Crippen LogP contribution in [0.4, 0.5) is 4.39 Å². The van der Waals surface area contributed by atoms with Crippen LogP contribution in [0.3, 0.4) is 0 Å². The molecule has 0 amide bonds. The van der Waals surface area contributed by atoms with E-state index in [2.05, 4.69) is 0 Å². The van der Waals surface area contributed by atoms with Gasteiger partial charge in [-0.05, 0) is 29.3 Å². The maximum Gasteiger partial charge on any atom is 0.168 e. The molecule has 0 radical (unpaired) electrons. The summed E-state index contributed by atoms with van der Waals surface area (Å²) in [5.74, 6) is 0.407. The summed E-state index contributed by atoms with van der Waals surface area (Å²) < 4.78 is 24.1. The smallest absolute Gasteiger partial charge is 0.168 e. The lowest BCUT2D eigenvalue weighted by molar-refractivity contribution is 0.176. The van der Waals surface area contributed by atoms with Gasteiger partial charge in [-0.2, -0.15) is 0 Å². The van der Waals surface area contributed by atoms with E-state index in [1.807, 2.05) is 0 Å². The van der Waals surface area contributed by atoms with Crippen molar-refractivity contribution in [3.8, 4) is 11.5 Å². The van der Waals surface area contributed by atoms with Gasteiger partial charge in [0, 0.05) is 6.42 Å². The predicted molar refractivity (Wildman–Crippen MR) is 74.6 cm³/mol. The van der Waals surface area contributed by atoms with E-state index in [1.54, 1.807) is 49.6 Å². The Kier molecular flexibility index (Phi) is 4.58. The van der Waals surface area contributed by atoms with Crippen molar-refractivity contribution >= 4 is 0 Å². The topological polar surface area (TPSA) is 38.7 Å². The number of rotatable bonds is 5. The van der Waals surface area contributed by atoms with Crippen molar-refractivity contribution in [3.63, 3.8) is 0 Å². The number of hydrogen-bond acceptors (Lipinski definition) is 3. The Hall–Kier alpha value is -2.07. The average molecular weight is 276 g/mol. The second kappa shape index (κ2) is 6.39. The van der Waals surface area contributed by atoms with Gasteiger partial charge in [0.25, 0.3) is 0 Å². The number of aliphatic hydroxyl groups is 1. The van der Waals surface area contributed by atoms with Crippen LogP contribution in [-0.2, 0) is 6.42 Å². The molecule has 1 N–H and O–H groups in total. The predicted octanol–water partition coefficient (Wildman–Crippen LogP) is 3.12. The van der Waals surface area contributed by atoms with Crippen molar-refractivity contribution < 1.29 is 19.0 Å². The maximum atomic E-state index is 14.0. The summed E-state index contributed by atoms with van der Waals surface area (Å²) in [5.41, 5.74) is 1.10. The molecule has 0 fully saturated rings. The number of aliphatic hydroxyl groups excluding tert-OH is 1. The summed E-state index contributed by atoms with van der Waals surface area (Å²) in [6, 6.07) is 12.0. The Morgan fingerprint density at radius 1 is 1.10 bits per heavy atom. The first kappa shape index (κ1) is 14.3. The highest BCUT2D eigenvalue weighted by Gasteiger charge is 2.14. The minimum Gasteiger partial charge on any atom is -0.497 e. The van der Waals surface area contributed by atoms with E-state index in [4.69, 9.17) is 9.47 Å². The number of halogens is 1. The molecule has 0 aliphatic heterocycles. The fourth-order valence-corrected chi connectivity index (χ4v) is 2.05. The largest absolute Gasteiger partial charge is 0.497 e. The van der Waals surface area contributed by atoms with Crippen LogP contribution in [0.5, 0.6) is 11.5 Å². The van der Waals surface area contributed by atoms with Gasteiger partial charge in [-0.1, -0.05) is 24.3 Å². The summed E-state index contributed by atoms with van der Waals surface area (Å²) in [7, 11) is 2.98. The zero-order valence-electron chi connectivity index (χ0n) is 11.5. The van der Waals surface area contributed by atoms with Crippen LogP contribution in [-0.4, -0.2) is 19.3 Å². The molecule has 0 saturated carbocycles. The monoisotopic (exact) mass is 276 g/mol. The number of methoxy groups -OCH3 is 2. The summed E-state index contributed by atoms with van der Waals surface area (Å²) in [5, 5.41) is 10.2. The van der Waals surface area contributed by atoms with Gasteiger partial charge in [0.1, 0.15) is 5.75 Å². The van der Waals surface area contributed by atoms with Gasteiger partial charge < -0.3 is 14.6 Å². The highest BCUT2D eigenvalue weighted by Crippen LogP contribution is 2.26. The van der Waals surface area contributed by atoms with Crippen LogP contribution in [0.2, 0.25) is 0 Å². The van der Waals surface area contributed by atoms with Crippen molar-refractivity contribution in [2.45, 2.75) is 12.5 Å². The van der Waals surface area contributed by atoms with Crippen LogP contribution < -0.4 is 9.47 Å².